The van der Waals surface area contributed by atoms with Crippen LogP contribution in [0.15, 0.2) is 29.2 Å². The molecule has 0 aliphatic carbocycles. The Hall–Kier alpha value is -0.470. The van der Waals surface area contributed by atoms with Crippen LogP contribution in [0.4, 0.5) is 0 Å². The maximum atomic E-state index is 6.17. The summed E-state index contributed by atoms with van der Waals surface area (Å²) in [5.74, 6) is 0. The summed E-state index contributed by atoms with van der Waals surface area (Å²) in [7, 11) is 0. The minimum absolute atomic E-state index is 0.220. The molecule has 1 nitrogen and oxygen atoms in total. The van der Waals surface area contributed by atoms with Crippen molar-refractivity contribution in [1.82, 2.24) is 0 Å². The number of benzene rings is 1. The van der Waals surface area contributed by atoms with Crippen LogP contribution in [0.2, 0.25) is 0 Å². The SMILES string of the molecule is CCCCCCCC(OCCCCC)c1ccccc1S. The van der Waals surface area contributed by atoms with Crippen LogP contribution in [0.3, 0.4) is 0 Å². The van der Waals surface area contributed by atoms with E-state index < -0.39 is 0 Å². The van der Waals surface area contributed by atoms with Crippen LogP contribution in [-0.2, 0) is 4.74 Å². The van der Waals surface area contributed by atoms with E-state index >= 15 is 0 Å². The summed E-state index contributed by atoms with van der Waals surface area (Å²) >= 11 is 4.60. The van der Waals surface area contributed by atoms with E-state index in [2.05, 4.69) is 44.7 Å². The van der Waals surface area contributed by atoms with Crippen molar-refractivity contribution in [2.75, 3.05) is 6.61 Å². The first-order valence-corrected chi connectivity index (χ1v) is 9.13. The van der Waals surface area contributed by atoms with Gasteiger partial charge in [-0.15, -0.1) is 12.6 Å². The zero-order chi connectivity index (χ0) is 15.3. The molecular weight excluding hydrogens is 276 g/mol. The molecule has 0 spiro atoms. The Labute approximate surface area is 136 Å². The van der Waals surface area contributed by atoms with Crippen LogP contribution in [0, 0.1) is 0 Å². The summed E-state index contributed by atoms with van der Waals surface area (Å²) in [5.41, 5.74) is 1.26. The van der Waals surface area contributed by atoms with Crippen molar-refractivity contribution in [3.05, 3.63) is 29.8 Å². The molecule has 0 heterocycles. The van der Waals surface area contributed by atoms with Crippen LogP contribution >= 0.6 is 12.6 Å². The van der Waals surface area contributed by atoms with Crippen LogP contribution in [0.1, 0.15) is 83.3 Å². The van der Waals surface area contributed by atoms with Gasteiger partial charge in [0, 0.05) is 11.5 Å². The molecule has 0 radical (unpaired) electrons. The van der Waals surface area contributed by atoms with Gasteiger partial charge in [0.25, 0.3) is 0 Å². The number of hydrogen-bond donors (Lipinski definition) is 1. The Morgan fingerprint density at radius 2 is 1.57 bits per heavy atom. The highest BCUT2D eigenvalue weighted by molar-refractivity contribution is 7.80. The molecule has 0 aliphatic heterocycles. The van der Waals surface area contributed by atoms with Crippen LogP contribution in [-0.4, -0.2) is 6.61 Å². The number of ether oxygens (including phenoxy) is 1. The monoisotopic (exact) mass is 308 g/mol. The highest BCUT2D eigenvalue weighted by atomic mass is 32.1. The molecule has 0 amide bonds. The van der Waals surface area contributed by atoms with E-state index in [0.29, 0.717) is 0 Å². The second-order valence-corrected chi connectivity index (χ2v) is 6.31. The molecule has 1 aromatic rings. The number of unbranched alkanes of at least 4 members (excludes halogenated alkanes) is 6. The quantitative estimate of drug-likeness (QED) is 0.339. The lowest BCUT2D eigenvalue weighted by Gasteiger charge is -2.20. The van der Waals surface area contributed by atoms with E-state index in [1.54, 1.807) is 0 Å². The summed E-state index contributed by atoms with van der Waals surface area (Å²) in [6.07, 6.45) is 11.6. The molecule has 0 aromatic heterocycles. The summed E-state index contributed by atoms with van der Waals surface area (Å²) in [4.78, 5) is 1.06. The second-order valence-electron chi connectivity index (χ2n) is 5.83. The van der Waals surface area contributed by atoms with Gasteiger partial charge in [-0.2, -0.15) is 0 Å². The first-order chi connectivity index (χ1) is 10.3. The minimum atomic E-state index is 0.220. The highest BCUT2D eigenvalue weighted by Crippen LogP contribution is 2.29. The van der Waals surface area contributed by atoms with Gasteiger partial charge in [0.1, 0.15) is 0 Å². The van der Waals surface area contributed by atoms with Gasteiger partial charge < -0.3 is 4.74 Å². The third kappa shape index (κ3) is 7.92. The molecule has 1 atom stereocenters. The van der Waals surface area contributed by atoms with Gasteiger partial charge in [-0.3, -0.25) is 0 Å². The molecule has 1 unspecified atom stereocenters. The average Bonchev–Trinajstić information content (AvgIpc) is 2.50. The predicted molar refractivity (Wildman–Crippen MR) is 95.3 cm³/mol. The van der Waals surface area contributed by atoms with E-state index in [9.17, 15) is 0 Å². The summed E-state index contributed by atoms with van der Waals surface area (Å²) in [5, 5.41) is 0. The van der Waals surface area contributed by atoms with E-state index in [1.807, 2.05) is 6.07 Å². The van der Waals surface area contributed by atoms with Gasteiger partial charge in [0.15, 0.2) is 0 Å². The third-order valence-corrected chi connectivity index (χ3v) is 4.33. The number of thiol groups is 1. The zero-order valence-electron chi connectivity index (χ0n) is 13.8. The molecule has 21 heavy (non-hydrogen) atoms. The summed E-state index contributed by atoms with van der Waals surface area (Å²) in [6.45, 7) is 5.36. The normalized spacial score (nSPS) is 12.5. The Kier molecular flexibility index (Phi) is 10.7. The van der Waals surface area contributed by atoms with Gasteiger partial charge in [-0.1, -0.05) is 77.0 Å². The smallest absolute Gasteiger partial charge is 0.0835 e. The van der Waals surface area contributed by atoms with Gasteiger partial charge in [0.05, 0.1) is 6.10 Å². The zero-order valence-corrected chi connectivity index (χ0v) is 14.7. The van der Waals surface area contributed by atoms with Crippen molar-refractivity contribution in [3.63, 3.8) is 0 Å². The van der Waals surface area contributed by atoms with E-state index in [1.165, 1.54) is 50.5 Å². The second kappa shape index (κ2) is 12.1. The topological polar surface area (TPSA) is 9.23 Å². The fourth-order valence-corrected chi connectivity index (χ4v) is 2.90. The third-order valence-electron chi connectivity index (χ3n) is 3.92. The molecule has 1 rings (SSSR count). The van der Waals surface area contributed by atoms with Gasteiger partial charge in [0.2, 0.25) is 0 Å². The lowest BCUT2D eigenvalue weighted by atomic mass is 10.0. The minimum Gasteiger partial charge on any atom is -0.373 e. The standard InChI is InChI=1S/C19H32OS/c1-3-5-7-8-9-14-18(20-16-12-6-4-2)17-13-10-11-15-19(17)21/h10-11,13,15,18,21H,3-9,12,14,16H2,1-2H3. The van der Waals surface area contributed by atoms with Crippen LogP contribution in [0.25, 0.3) is 0 Å². The molecule has 0 fully saturated rings. The summed E-state index contributed by atoms with van der Waals surface area (Å²) in [6, 6.07) is 8.37. The molecule has 0 bridgehead atoms. The van der Waals surface area contributed by atoms with Crippen molar-refractivity contribution in [2.45, 2.75) is 82.6 Å². The summed E-state index contributed by atoms with van der Waals surface area (Å²) < 4.78 is 6.17. The van der Waals surface area contributed by atoms with Crippen LogP contribution in [0.5, 0.6) is 0 Å². The predicted octanol–water partition coefficient (Wildman–Crippen LogP) is 6.58. The molecular formula is C19H32OS. The first-order valence-electron chi connectivity index (χ1n) is 8.69. The number of rotatable bonds is 12. The Morgan fingerprint density at radius 3 is 2.29 bits per heavy atom. The molecule has 120 valence electrons. The van der Waals surface area contributed by atoms with Crippen molar-refractivity contribution >= 4 is 12.6 Å². The number of hydrogen-bond acceptors (Lipinski definition) is 2. The van der Waals surface area contributed by atoms with E-state index in [0.717, 1.165) is 24.3 Å². The maximum absolute atomic E-state index is 6.17. The average molecular weight is 309 g/mol. The van der Waals surface area contributed by atoms with Gasteiger partial charge in [-0.25, -0.2) is 0 Å². The van der Waals surface area contributed by atoms with Gasteiger partial charge in [-0.05, 0) is 24.5 Å². The Morgan fingerprint density at radius 1 is 0.905 bits per heavy atom. The Bertz CT molecular complexity index is 364. The van der Waals surface area contributed by atoms with Crippen molar-refractivity contribution in [3.8, 4) is 0 Å². The fraction of sp³-hybridized carbons (Fsp3) is 0.684. The Balaban J connectivity index is 2.47. The lowest BCUT2D eigenvalue weighted by molar-refractivity contribution is 0.0406. The van der Waals surface area contributed by atoms with Crippen molar-refractivity contribution in [1.29, 1.82) is 0 Å². The molecule has 1 aromatic carbocycles. The van der Waals surface area contributed by atoms with Crippen LogP contribution < -0.4 is 0 Å². The maximum Gasteiger partial charge on any atom is 0.0835 e. The largest absolute Gasteiger partial charge is 0.373 e. The van der Waals surface area contributed by atoms with E-state index in [-0.39, 0.29) is 6.10 Å². The van der Waals surface area contributed by atoms with Crippen molar-refractivity contribution < 1.29 is 4.74 Å². The van der Waals surface area contributed by atoms with Gasteiger partial charge >= 0.3 is 0 Å². The highest BCUT2D eigenvalue weighted by Gasteiger charge is 2.14. The van der Waals surface area contributed by atoms with E-state index in [4.69, 9.17) is 4.74 Å². The molecule has 0 aliphatic rings. The lowest BCUT2D eigenvalue weighted by Crippen LogP contribution is -2.07. The fourth-order valence-electron chi connectivity index (χ4n) is 2.60. The molecule has 0 N–H and O–H groups in total. The molecule has 0 saturated heterocycles. The van der Waals surface area contributed by atoms with Crippen molar-refractivity contribution in [2.24, 2.45) is 0 Å². The molecule has 2 heteroatoms. The molecule has 0 saturated carbocycles. The first kappa shape index (κ1) is 18.6.